The number of nitrogens with zero attached hydrogens (tertiary/aromatic N) is 2. The van der Waals surface area contributed by atoms with Gasteiger partial charge in [-0.3, -0.25) is 9.89 Å². The molecule has 3 N–H and O–H groups in total. The van der Waals surface area contributed by atoms with E-state index in [0.717, 1.165) is 27.3 Å². The fraction of sp³-hybridized carbons (Fsp3) is 0.154. The fourth-order valence-electron chi connectivity index (χ4n) is 2.02. The Morgan fingerprint density at radius 2 is 2.25 bits per heavy atom. The van der Waals surface area contributed by atoms with Crippen LogP contribution >= 0.6 is 11.5 Å². The third-order valence-corrected chi connectivity index (χ3v) is 3.97. The maximum Gasteiger partial charge on any atom is 0.260 e. The Hall–Kier alpha value is -2.41. The van der Waals surface area contributed by atoms with Crippen molar-refractivity contribution in [2.24, 2.45) is 0 Å². The maximum atomic E-state index is 12.3. The lowest BCUT2D eigenvalue weighted by Crippen LogP contribution is -2.13. The van der Waals surface area contributed by atoms with Gasteiger partial charge in [-0.25, -0.2) is 0 Å². The van der Waals surface area contributed by atoms with Crippen LogP contribution in [0.25, 0.3) is 10.9 Å². The molecule has 6 nitrogen and oxygen atoms in total. The number of H-pyrrole nitrogens is 1. The lowest BCUT2D eigenvalue weighted by Gasteiger charge is -2.06. The molecule has 3 rings (SSSR count). The average Bonchev–Trinajstić information content (AvgIpc) is 3.04. The standard InChI is InChI=1S/C13H13N5OS/c1-7-11(13(14-2)20-18-7)12(19)16-9-3-4-10-8(5-9)6-15-17-10/h3-6,14H,1-2H3,(H,15,17)(H,16,19). The summed E-state index contributed by atoms with van der Waals surface area (Å²) in [6.07, 6.45) is 1.72. The lowest BCUT2D eigenvalue weighted by atomic mass is 10.2. The molecule has 0 atom stereocenters. The topological polar surface area (TPSA) is 82.7 Å². The SMILES string of the molecule is CNc1snc(C)c1C(=O)Nc1ccc2[nH]ncc2c1. The normalized spacial score (nSPS) is 10.7. The van der Waals surface area contributed by atoms with E-state index in [9.17, 15) is 4.79 Å². The molecular formula is C13H13N5OS. The second-order valence-electron chi connectivity index (χ2n) is 4.35. The van der Waals surface area contributed by atoms with E-state index in [1.54, 1.807) is 13.2 Å². The van der Waals surface area contributed by atoms with Gasteiger partial charge in [0, 0.05) is 18.1 Å². The van der Waals surface area contributed by atoms with E-state index in [1.165, 1.54) is 11.5 Å². The van der Waals surface area contributed by atoms with Gasteiger partial charge in [0.1, 0.15) is 5.00 Å². The molecule has 0 unspecified atom stereocenters. The van der Waals surface area contributed by atoms with E-state index >= 15 is 0 Å². The molecule has 0 fully saturated rings. The zero-order valence-electron chi connectivity index (χ0n) is 11.0. The van der Waals surface area contributed by atoms with Crippen LogP contribution in [-0.2, 0) is 0 Å². The Labute approximate surface area is 119 Å². The highest BCUT2D eigenvalue weighted by molar-refractivity contribution is 7.10. The van der Waals surface area contributed by atoms with Crippen LogP contribution in [0.4, 0.5) is 10.7 Å². The molecule has 0 radical (unpaired) electrons. The van der Waals surface area contributed by atoms with Crippen molar-refractivity contribution < 1.29 is 4.79 Å². The molecule has 3 aromatic rings. The van der Waals surface area contributed by atoms with Crippen LogP contribution in [0.3, 0.4) is 0 Å². The van der Waals surface area contributed by atoms with Gasteiger partial charge in [0.15, 0.2) is 0 Å². The Morgan fingerprint density at radius 3 is 3.05 bits per heavy atom. The summed E-state index contributed by atoms with van der Waals surface area (Å²) in [6, 6.07) is 5.60. The third-order valence-electron chi connectivity index (χ3n) is 3.01. The second kappa shape index (κ2) is 4.93. The van der Waals surface area contributed by atoms with Gasteiger partial charge in [-0.1, -0.05) is 0 Å². The van der Waals surface area contributed by atoms with Gasteiger partial charge in [-0.05, 0) is 36.7 Å². The number of carbonyl (C=O) groups is 1. The summed E-state index contributed by atoms with van der Waals surface area (Å²) in [5.74, 6) is -0.163. The number of aromatic amines is 1. The Morgan fingerprint density at radius 1 is 1.40 bits per heavy atom. The predicted molar refractivity (Wildman–Crippen MR) is 80.4 cm³/mol. The van der Waals surface area contributed by atoms with Gasteiger partial charge in [-0.15, -0.1) is 0 Å². The van der Waals surface area contributed by atoms with E-state index in [2.05, 4.69) is 25.2 Å². The maximum absolute atomic E-state index is 12.3. The van der Waals surface area contributed by atoms with Crippen LogP contribution in [0.1, 0.15) is 16.1 Å². The average molecular weight is 287 g/mol. The molecule has 102 valence electrons. The van der Waals surface area contributed by atoms with Gasteiger partial charge in [-0.2, -0.15) is 9.47 Å². The largest absolute Gasteiger partial charge is 0.378 e. The number of amides is 1. The van der Waals surface area contributed by atoms with E-state index in [-0.39, 0.29) is 5.91 Å². The highest BCUT2D eigenvalue weighted by Crippen LogP contribution is 2.25. The number of nitrogens with one attached hydrogen (secondary N) is 3. The Kier molecular flexibility index (Phi) is 3.11. The summed E-state index contributed by atoms with van der Waals surface area (Å²) < 4.78 is 4.20. The molecule has 0 saturated carbocycles. The molecule has 20 heavy (non-hydrogen) atoms. The van der Waals surface area contributed by atoms with E-state index in [4.69, 9.17) is 0 Å². The van der Waals surface area contributed by atoms with Gasteiger partial charge >= 0.3 is 0 Å². The molecular weight excluding hydrogens is 274 g/mol. The van der Waals surface area contributed by atoms with E-state index in [1.807, 2.05) is 25.1 Å². The minimum absolute atomic E-state index is 0.163. The van der Waals surface area contributed by atoms with E-state index in [0.29, 0.717) is 5.56 Å². The first-order valence-corrected chi connectivity index (χ1v) is 6.85. The van der Waals surface area contributed by atoms with Crippen molar-refractivity contribution in [1.29, 1.82) is 0 Å². The van der Waals surface area contributed by atoms with Gasteiger partial charge in [0.2, 0.25) is 0 Å². The number of fused-ring (bicyclic) bond motifs is 1. The third kappa shape index (κ3) is 2.12. The molecule has 0 bridgehead atoms. The number of aromatic nitrogens is 3. The molecule has 0 saturated heterocycles. The van der Waals surface area contributed by atoms with Crippen LogP contribution < -0.4 is 10.6 Å². The lowest BCUT2D eigenvalue weighted by molar-refractivity contribution is 0.102. The highest BCUT2D eigenvalue weighted by atomic mass is 32.1. The number of rotatable bonds is 3. The smallest absolute Gasteiger partial charge is 0.260 e. The summed E-state index contributed by atoms with van der Waals surface area (Å²) in [6.45, 7) is 1.82. The highest BCUT2D eigenvalue weighted by Gasteiger charge is 2.17. The van der Waals surface area contributed by atoms with E-state index < -0.39 is 0 Å². The molecule has 2 aromatic heterocycles. The number of aryl methyl sites for hydroxylation is 1. The molecule has 7 heteroatoms. The molecule has 0 aliphatic heterocycles. The molecule has 0 aliphatic carbocycles. The first kappa shape index (κ1) is 12.6. The van der Waals surface area contributed by atoms with Crippen LogP contribution in [-0.4, -0.2) is 27.5 Å². The minimum Gasteiger partial charge on any atom is -0.378 e. The van der Waals surface area contributed by atoms with Crippen molar-refractivity contribution in [1.82, 2.24) is 14.6 Å². The summed E-state index contributed by atoms with van der Waals surface area (Å²) in [5, 5.41) is 14.4. The van der Waals surface area contributed by atoms with Crippen LogP contribution in [0.2, 0.25) is 0 Å². The number of benzene rings is 1. The molecule has 1 aromatic carbocycles. The van der Waals surface area contributed by atoms with Crippen molar-refractivity contribution in [3.8, 4) is 0 Å². The Balaban J connectivity index is 1.89. The van der Waals surface area contributed by atoms with Gasteiger partial charge in [0.25, 0.3) is 5.91 Å². The van der Waals surface area contributed by atoms with Crippen LogP contribution in [0, 0.1) is 6.92 Å². The number of carbonyl (C=O) groups excluding carboxylic acids is 1. The predicted octanol–water partition coefficient (Wildman–Crippen LogP) is 2.62. The molecule has 0 aliphatic rings. The molecule has 2 heterocycles. The monoisotopic (exact) mass is 287 g/mol. The van der Waals surface area contributed by atoms with Crippen molar-refractivity contribution in [3.05, 3.63) is 35.7 Å². The quantitative estimate of drug-likeness (QED) is 0.691. The summed E-state index contributed by atoms with van der Waals surface area (Å²) in [7, 11) is 1.78. The molecule has 1 amide bonds. The van der Waals surface area contributed by atoms with Crippen LogP contribution in [0.5, 0.6) is 0 Å². The zero-order chi connectivity index (χ0) is 14.1. The molecule has 0 spiro atoms. The van der Waals surface area contributed by atoms with Gasteiger partial charge in [0.05, 0.1) is 23.0 Å². The summed E-state index contributed by atoms with van der Waals surface area (Å²) >= 11 is 1.28. The minimum atomic E-state index is -0.163. The number of hydrogen-bond acceptors (Lipinski definition) is 5. The first-order chi connectivity index (χ1) is 9.69. The van der Waals surface area contributed by atoms with Crippen molar-refractivity contribution >= 4 is 39.0 Å². The van der Waals surface area contributed by atoms with Crippen molar-refractivity contribution in [2.45, 2.75) is 6.92 Å². The summed E-state index contributed by atoms with van der Waals surface area (Å²) in [4.78, 5) is 12.3. The Bertz CT molecular complexity index is 776. The van der Waals surface area contributed by atoms with Crippen LogP contribution in [0.15, 0.2) is 24.4 Å². The second-order valence-corrected chi connectivity index (χ2v) is 5.12. The number of hydrogen-bond donors (Lipinski definition) is 3. The summed E-state index contributed by atoms with van der Waals surface area (Å²) in [5.41, 5.74) is 2.98. The zero-order valence-corrected chi connectivity index (χ0v) is 11.8. The first-order valence-electron chi connectivity index (χ1n) is 6.07. The fourth-order valence-corrected chi connectivity index (χ4v) is 2.76. The van der Waals surface area contributed by atoms with Gasteiger partial charge < -0.3 is 10.6 Å². The van der Waals surface area contributed by atoms with Crippen molar-refractivity contribution in [2.75, 3.05) is 17.7 Å². The van der Waals surface area contributed by atoms with Crippen molar-refractivity contribution in [3.63, 3.8) is 0 Å². The number of anilines is 2.